The molecule has 1 aromatic carbocycles. The number of anilines is 1. The van der Waals surface area contributed by atoms with E-state index < -0.39 is 11.6 Å². The summed E-state index contributed by atoms with van der Waals surface area (Å²) in [4.78, 5) is 21.3. The second-order valence-electron chi connectivity index (χ2n) is 5.87. The summed E-state index contributed by atoms with van der Waals surface area (Å²) in [5, 5.41) is 2.28. The predicted molar refractivity (Wildman–Crippen MR) is 111 cm³/mol. The third kappa shape index (κ3) is 5.32. The van der Waals surface area contributed by atoms with E-state index in [4.69, 9.17) is 0 Å². The zero-order chi connectivity index (χ0) is 18.7. The van der Waals surface area contributed by atoms with Crippen LogP contribution in [0.1, 0.15) is 4.88 Å². The summed E-state index contributed by atoms with van der Waals surface area (Å²) in [7, 11) is 3.80. The van der Waals surface area contributed by atoms with Gasteiger partial charge in [0.2, 0.25) is 0 Å². The van der Waals surface area contributed by atoms with Crippen molar-refractivity contribution in [2.45, 2.75) is 0 Å². The van der Waals surface area contributed by atoms with E-state index in [0.717, 1.165) is 22.3 Å². The van der Waals surface area contributed by atoms with Crippen LogP contribution in [0.25, 0.3) is 16.3 Å². The molecule has 9 heteroatoms. The molecule has 2 aromatic heterocycles. The number of likely N-dealkylation sites (N-methyl/N-ethyl adjacent to an activating group) is 1. The van der Waals surface area contributed by atoms with Gasteiger partial charge in [-0.2, -0.15) is 0 Å². The van der Waals surface area contributed by atoms with Crippen LogP contribution in [-0.4, -0.2) is 43.0 Å². The van der Waals surface area contributed by atoms with Crippen LogP contribution in [0.2, 0.25) is 0 Å². The molecular formula is C18H18ClF2N3OS2. The van der Waals surface area contributed by atoms with Crippen LogP contribution in [0.15, 0.2) is 35.7 Å². The van der Waals surface area contributed by atoms with Crippen LogP contribution in [-0.2, 0) is 4.79 Å². The van der Waals surface area contributed by atoms with E-state index in [1.165, 1.54) is 28.4 Å². The molecule has 2 heterocycles. The first kappa shape index (κ1) is 21.4. The fraction of sp³-hybridized carbons (Fsp3) is 0.222. The Labute approximate surface area is 170 Å². The number of aromatic nitrogens is 1. The van der Waals surface area contributed by atoms with Crippen molar-refractivity contribution in [1.29, 1.82) is 0 Å². The zero-order valence-electron chi connectivity index (χ0n) is 14.7. The largest absolute Gasteiger partial charge is 0.308 e. The van der Waals surface area contributed by atoms with Gasteiger partial charge in [-0.3, -0.25) is 9.69 Å². The Morgan fingerprint density at radius 3 is 2.70 bits per heavy atom. The molecule has 0 atom stereocenters. The number of carbonyl (C=O) groups is 1. The average molecular weight is 430 g/mol. The smallest absolute Gasteiger partial charge is 0.252 e. The Morgan fingerprint density at radius 2 is 2.04 bits per heavy atom. The van der Waals surface area contributed by atoms with Gasteiger partial charge in [0.05, 0.1) is 4.70 Å². The van der Waals surface area contributed by atoms with Crippen molar-refractivity contribution in [2.75, 3.05) is 32.1 Å². The molecule has 0 N–H and O–H groups in total. The lowest BCUT2D eigenvalue weighted by atomic mass is 10.3. The summed E-state index contributed by atoms with van der Waals surface area (Å²) in [6, 6.07) is 5.85. The van der Waals surface area contributed by atoms with Crippen LogP contribution in [0, 0.1) is 11.6 Å². The van der Waals surface area contributed by atoms with Crippen molar-refractivity contribution >= 4 is 62.4 Å². The first-order chi connectivity index (χ1) is 12.4. The van der Waals surface area contributed by atoms with Crippen molar-refractivity contribution in [1.82, 2.24) is 9.88 Å². The van der Waals surface area contributed by atoms with Crippen molar-refractivity contribution in [3.05, 3.63) is 52.2 Å². The van der Waals surface area contributed by atoms with Gasteiger partial charge >= 0.3 is 0 Å². The highest BCUT2D eigenvalue weighted by Crippen LogP contribution is 2.31. The maximum absolute atomic E-state index is 14.0. The molecule has 0 unspecified atom stereocenters. The van der Waals surface area contributed by atoms with Gasteiger partial charge in [-0.05, 0) is 37.7 Å². The Balaban J connectivity index is 0.00000261. The Morgan fingerprint density at radius 1 is 1.26 bits per heavy atom. The number of hydrogen-bond acceptors (Lipinski definition) is 5. The maximum atomic E-state index is 14.0. The van der Waals surface area contributed by atoms with Gasteiger partial charge in [0.15, 0.2) is 10.9 Å². The molecule has 0 bridgehead atoms. The minimum Gasteiger partial charge on any atom is -0.308 e. The molecule has 0 radical (unpaired) electrons. The molecular weight excluding hydrogens is 412 g/mol. The fourth-order valence-electron chi connectivity index (χ4n) is 2.29. The minimum absolute atomic E-state index is 0. The molecule has 1 amide bonds. The van der Waals surface area contributed by atoms with E-state index in [1.807, 2.05) is 36.5 Å². The van der Waals surface area contributed by atoms with Gasteiger partial charge in [-0.15, -0.1) is 23.7 Å². The first-order valence-electron chi connectivity index (χ1n) is 7.87. The minimum atomic E-state index is -0.725. The van der Waals surface area contributed by atoms with Crippen LogP contribution in [0.4, 0.5) is 13.9 Å². The molecule has 0 aliphatic carbocycles. The molecule has 3 aromatic rings. The van der Waals surface area contributed by atoms with Gasteiger partial charge < -0.3 is 4.90 Å². The quantitative estimate of drug-likeness (QED) is 0.534. The van der Waals surface area contributed by atoms with E-state index in [2.05, 4.69) is 4.98 Å². The summed E-state index contributed by atoms with van der Waals surface area (Å²) in [6.45, 7) is 1.01. The third-order valence-electron chi connectivity index (χ3n) is 3.60. The van der Waals surface area contributed by atoms with Gasteiger partial charge in [0, 0.05) is 30.1 Å². The van der Waals surface area contributed by atoms with E-state index >= 15 is 0 Å². The number of fused-ring (bicyclic) bond motifs is 1. The van der Waals surface area contributed by atoms with E-state index in [0.29, 0.717) is 22.9 Å². The third-order valence-corrected chi connectivity index (χ3v) is 5.47. The number of carbonyl (C=O) groups excluding carboxylic acids is 1. The average Bonchev–Trinajstić information content (AvgIpc) is 3.22. The Bertz CT molecular complexity index is 942. The molecule has 0 spiro atoms. The Hall–Kier alpha value is -1.87. The summed E-state index contributed by atoms with van der Waals surface area (Å²) in [5.74, 6) is -1.63. The second-order valence-corrected chi connectivity index (χ2v) is 7.86. The summed E-state index contributed by atoms with van der Waals surface area (Å²) in [6.07, 6.45) is 3.22. The zero-order valence-corrected chi connectivity index (χ0v) is 17.1. The first-order valence-corrected chi connectivity index (χ1v) is 9.57. The predicted octanol–water partition coefficient (Wildman–Crippen LogP) is 4.67. The summed E-state index contributed by atoms with van der Waals surface area (Å²) >= 11 is 2.63. The van der Waals surface area contributed by atoms with Crippen molar-refractivity contribution in [2.24, 2.45) is 0 Å². The number of amides is 1. The number of nitrogens with zero attached hydrogens (tertiary/aromatic N) is 3. The van der Waals surface area contributed by atoms with E-state index in [9.17, 15) is 13.6 Å². The lowest BCUT2D eigenvalue weighted by Gasteiger charge is -2.20. The highest BCUT2D eigenvalue weighted by Gasteiger charge is 2.20. The van der Waals surface area contributed by atoms with Crippen LogP contribution < -0.4 is 4.90 Å². The second kappa shape index (κ2) is 9.36. The van der Waals surface area contributed by atoms with Gasteiger partial charge in [0.25, 0.3) is 5.91 Å². The molecule has 0 fully saturated rings. The topological polar surface area (TPSA) is 36.4 Å². The summed E-state index contributed by atoms with van der Waals surface area (Å²) in [5.41, 5.74) is 0.0799. The van der Waals surface area contributed by atoms with Crippen molar-refractivity contribution in [3.63, 3.8) is 0 Å². The molecule has 0 aliphatic heterocycles. The lowest BCUT2D eigenvalue weighted by Crippen LogP contribution is -2.35. The molecule has 0 saturated heterocycles. The molecule has 0 saturated carbocycles. The number of thiazole rings is 1. The molecule has 27 heavy (non-hydrogen) atoms. The number of benzene rings is 1. The van der Waals surface area contributed by atoms with Gasteiger partial charge in [0.1, 0.15) is 11.3 Å². The molecule has 3 rings (SSSR count). The normalized spacial score (nSPS) is 11.3. The molecule has 144 valence electrons. The van der Waals surface area contributed by atoms with Crippen LogP contribution >= 0.6 is 35.1 Å². The van der Waals surface area contributed by atoms with Crippen molar-refractivity contribution in [3.8, 4) is 0 Å². The highest BCUT2D eigenvalue weighted by molar-refractivity contribution is 7.22. The van der Waals surface area contributed by atoms with Crippen LogP contribution in [0.5, 0.6) is 0 Å². The number of halogens is 3. The Kier molecular flexibility index (Phi) is 7.43. The van der Waals surface area contributed by atoms with E-state index in [1.54, 1.807) is 6.08 Å². The maximum Gasteiger partial charge on any atom is 0.252 e. The fourth-order valence-corrected chi connectivity index (χ4v) is 3.94. The van der Waals surface area contributed by atoms with Crippen LogP contribution in [0.3, 0.4) is 0 Å². The lowest BCUT2D eigenvalue weighted by molar-refractivity contribution is -0.114. The monoisotopic (exact) mass is 429 g/mol. The molecule has 0 aliphatic rings. The van der Waals surface area contributed by atoms with Gasteiger partial charge in [-0.25, -0.2) is 13.8 Å². The molecule has 4 nitrogen and oxygen atoms in total. The SMILES string of the molecule is CN(C)CCN(C(=O)C=Cc1cccs1)c1nc2c(F)cc(F)cc2s1.Cl. The van der Waals surface area contributed by atoms with Crippen molar-refractivity contribution < 1.29 is 13.6 Å². The number of thiophene rings is 1. The standard InChI is InChI=1S/C18H17F2N3OS2.ClH/c1-22(2)7-8-23(16(24)6-5-13-4-3-9-25-13)18-21-17-14(20)10-12(19)11-15(17)26-18;/h3-6,9-11H,7-8H2,1-2H3;1H. The summed E-state index contributed by atoms with van der Waals surface area (Å²) < 4.78 is 27.8. The van der Waals surface area contributed by atoms with Gasteiger partial charge in [-0.1, -0.05) is 17.4 Å². The van der Waals surface area contributed by atoms with E-state index in [-0.39, 0.29) is 23.8 Å². The number of hydrogen-bond donors (Lipinski definition) is 0. The highest BCUT2D eigenvalue weighted by atomic mass is 35.5. The number of rotatable bonds is 6.